The SMILES string of the molecule is CC(C)c1ccc(C=Nn2cnc3c([nH]c4ccc(F)cc43)c2=O)cc1. The van der Waals surface area contributed by atoms with E-state index < -0.39 is 0 Å². The number of aromatic amines is 1. The van der Waals surface area contributed by atoms with Crippen LogP contribution in [0.4, 0.5) is 4.39 Å². The first kappa shape index (κ1) is 16.2. The number of rotatable bonds is 3. The van der Waals surface area contributed by atoms with E-state index >= 15 is 0 Å². The minimum absolute atomic E-state index is 0.306. The number of nitrogens with zero attached hydrogens (tertiary/aromatic N) is 3. The van der Waals surface area contributed by atoms with Gasteiger partial charge in [0.15, 0.2) is 0 Å². The van der Waals surface area contributed by atoms with Crippen molar-refractivity contribution < 1.29 is 4.39 Å². The lowest BCUT2D eigenvalue weighted by atomic mass is 10.0. The molecule has 0 aliphatic rings. The summed E-state index contributed by atoms with van der Waals surface area (Å²) in [4.78, 5) is 19.9. The smallest absolute Gasteiger partial charge is 0.298 e. The molecule has 2 aromatic heterocycles. The molecule has 26 heavy (non-hydrogen) atoms. The van der Waals surface area contributed by atoms with Crippen LogP contribution in [0.15, 0.2) is 58.7 Å². The van der Waals surface area contributed by atoms with Crippen LogP contribution in [0.2, 0.25) is 0 Å². The molecule has 4 rings (SSSR count). The Balaban J connectivity index is 1.74. The van der Waals surface area contributed by atoms with Crippen molar-refractivity contribution in [3.63, 3.8) is 0 Å². The van der Waals surface area contributed by atoms with Crippen LogP contribution in [0.5, 0.6) is 0 Å². The van der Waals surface area contributed by atoms with Crippen LogP contribution in [-0.2, 0) is 0 Å². The number of H-pyrrole nitrogens is 1. The van der Waals surface area contributed by atoms with Gasteiger partial charge in [0.1, 0.15) is 23.2 Å². The molecule has 0 atom stereocenters. The largest absolute Gasteiger partial charge is 0.349 e. The third kappa shape index (κ3) is 2.79. The number of benzene rings is 2. The highest BCUT2D eigenvalue weighted by atomic mass is 19.1. The van der Waals surface area contributed by atoms with Gasteiger partial charge in [-0.25, -0.2) is 9.37 Å². The van der Waals surface area contributed by atoms with E-state index in [0.717, 1.165) is 5.56 Å². The monoisotopic (exact) mass is 348 g/mol. The Morgan fingerprint density at radius 2 is 1.96 bits per heavy atom. The third-order valence-corrected chi connectivity index (χ3v) is 4.39. The molecule has 5 nitrogen and oxygen atoms in total. The van der Waals surface area contributed by atoms with Crippen molar-refractivity contribution in [2.24, 2.45) is 5.10 Å². The summed E-state index contributed by atoms with van der Waals surface area (Å²) in [6.07, 6.45) is 2.96. The second kappa shape index (κ2) is 6.22. The predicted octanol–water partition coefficient (Wildman–Crippen LogP) is 4.02. The minimum atomic E-state index is -0.368. The summed E-state index contributed by atoms with van der Waals surface area (Å²) in [6.45, 7) is 4.27. The lowest BCUT2D eigenvalue weighted by Gasteiger charge is -2.04. The van der Waals surface area contributed by atoms with Gasteiger partial charge in [0.25, 0.3) is 5.56 Å². The average Bonchev–Trinajstić information content (AvgIpc) is 3.00. The Morgan fingerprint density at radius 3 is 2.69 bits per heavy atom. The van der Waals surface area contributed by atoms with Crippen LogP contribution in [0.1, 0.15) is 30.9 Å². The van der Waals surface area contributed by atoms with Crippen molar-refractivity contribution in [3.8, 4) is 0 Å². The molecule has 2 heterocycles. The summed E-state index contributed by atoms with van der Waals surface area (Å²) in [7, 11) is 0. The predicted molar refractivity (Wildman–Crippen MR) is 101 cm³/mol. The highest BCUT2D eigenvalue weighted by Crippen LogP contribution is 2.22. The average molecular weight is 348 g/mol. The van der Waals surface area contributed by atoms with Crippen LogP contribution in [0.25, 0.3) is 21.9 Å². The summed E-state index contributed by atoms with van der Waals surface area (Å²) >= 11 is 0. The van der Waals surface area contributed by atoms with Gasteiger partial charge in [0.05, 0.1) is 6.21 Å². The van der Waals surface area contributed by atoms with Crippen LogP contribution < -0.4 is 5.56 Å². The van der Waals surface area contributed by atoms with Crippen LogP contribution in [0.3, 0.4) is 0 Å². The van der Waals surface area contributed by atoms with Gasteiger partial charge >= 0.3 is 0 Å². The molecule has 0 fully saturated rings. The van der Waals surface area contributed by atoms with Gasteiger partial charge in [0, 0.05) is 10.9 Å². The lowest BCUT2D eigenvalue weighted by Crippen LogP contribution is -2.17. The van der Waals surface area contributed by atoms with Gasteiger partial charge in [-0.3, -0.25) is 4.79 Å². The summed E-state index contributed by atoms with van der Waals surface area (Å²) in [5.41, 5.74) is 3.21. The Labute approximate surface area is 148 Å². The fourth-order valence-corrected chi connectivity index (χ4v) is 2.90. The number of nitrogens with one attached hydrogen (secondary N) is 1. The van der Waals surface area contributed by atoms with Gasteiger partial charge in [-0.05, 0) is 35.2 Å². The van der Waals surface area contributed by atoms with Gasteiger partial charge in [-0.1, -0.05) is 38.1 Å². The Bertz CT molecular complexity index is 1190. The maximum atomic E-state index is 13.5. The third-order valence-electron chi connectivity index (χ3n) is 4.39. The zero-order valence-electron chi connectivity index (χ0n) is 14.4. The number of halogens is 1. The van der Waals surface area contributed by atoms with Crippen molar-refractivity contribution >= 4 is 28.2 Å². The fraction of sp³-hybridized carbons (Fsp3) is 0.150. The molecular formula is C20H17FN4O. The second-order valence-corrected chi connectivity index (χ2v) is 6.50. The molecule has 0 aliphatic carbocycles. The highest BCUT2D eigenvalue weighted by Gasteiger charge is 2.11. The summed E-state index contributed by atoms with van der Waals surface area (Å²) < 4.78 is 14.6. The van der Waals surface area contributed by atoms with E-state index in [2.05, 4.69) is 28.9 Å². The second-order valence-electron chi connectivity index (χ2n) is 6.50. The maximum Gasteiger partial charge on any atom is 0.298 e. The van der Waals surface area contributed by atoms with E-state index in [1.165, 1.54) is 28.7 Å². The Hall–Kier alpha value is -3.28. The van der Waals surface area contributed by atoms with E-state index in [1.54, 1.807) is 12.3 Å². The molecule has 0 spiro atoms. The number of fused-ring (bicyclic) bond motifs is 3. The molecular weight excluding hydrogens is 331 g/mol. The summed E-state index contributed by atoms with van der Waals surface area (Å²) in [5, 5.41) is 4.79. The van der Waals surface area contributed by atoms with Crippen LogP contribution in [-0.4, -0.2) is 20.9 Å². The van der Waals surface area contributed by atoms with Crippen molar-refractivity contribution in [3.05, 3.63) is 76.1 Å². The quantitative estimate of drug-likeness (QED) is 0.568. The van der Waals surface area contributed by atoms with Crippen molar-refractivity contribution in [1.29, 1.82) is 0 Å². The molecule has 0 bridgehead atoms. The van der Waals surface area contributed by atoms with E-state index in [9.17, 15) is 9.18 Å². The number of hydrogen-bond acceptors (Lipinski definition) is 3. The zero-order valence-corrected chi connectivity index (χ0v) is 14.4. The van der Waals surface area contributed by atoms with Gasteiger partial charge in [0.2, 0.25) is 0 Å². The molecule has 130 valence electrons. The maximum absolute atomic E-state index is 13.5. The normalized spacial score (nSPS) is 12.0. The number of aromatic nitrogens is 3. The topological polar surface area (TPSA) is 63.0 Å². The van der Waals surface area contributed by atoms with E-state index in [1.807, 2.05) is 24.3 Å². The van der Waals surface area contributed by atoms with E-state index in [4.69, 9.17) is 0 Å². The molecule has 0 unspecified atom stereocenters. The van der Waals surface area contributed by atoms with Gasteiger partial charge < -0.3 is 4.98 Å². The summed E-state index contributed by atoms with van der Waals surface area (Å²) in [6, 6.07) is 12.3. The van der Waals surface area contributed by atoms with Gasteiger partial charge in [-0.2, -0.15) is 9.78 Å². The van der Waals surface area contributed by atoms with E-state index in [0.29, 0.717) is 27.9 Å². The Morgan fingerprint density at radius 1 is 1.19 bits per heavy atom. The standard InChI is InChI=1S/C20H17FN4O/c1-12(2)14-5-3-13(4-6-14)10-23-25-11-22-18-16-9-15(21)7-8-17(16)24-19(18)20(25)26/h3-12,24H,1-2H3. The molecule has 0 aliphatic heterocycles. The van der Waals surface area contributed by atoms with Crippen molar-refractivity contribution in [2.75, 3.05) is 0 Å². The molecule has 2 aromatic carbocycles. The molecule has 6 heteroatoms. The zero-order chi connectivity index (χ0) is 18.3. The van der Waals surface area contributed by atoms with E-state index in [-0.39, 0.29) is 11.4 Å². The molecule has 0 saturated heterocycles. The van der Waals surface area contributed by atoms with Crippen LogP contribution >= 0.6 is 0 Å². The van der Waals surface area contributed by atoms with Crippen LogP contribution in [0, 0.1) is 5.82 Å². The first-order valence-electron chi connectivity index (χ1n) is 8.36. The molecule has 0 radical (unpaired) electrons. The molecule has 0 saturated carbocycles. The molecule has 0 amide bonds. The minimum Gasteiger partial charge on any atom is -0.349 e. The Kier molecular flexibility index (Phi) is 3.88. The molecule has 1 N–H and O–H groups in total. The van der Waals surface area contributed by atoms with Crippen molar-refractivity contribution in [1.82, 2.24) is 14.6 Å². The van der Waals surface area contributed by atoms with Crippen molar-refractivity contribution in [2.45, 2.75) is 19.8 Å². The lowest BCUT2D eigenvalue weighted by molar-refractivity contribution is 0.630. The first-order valence-corrected chi connectivity index (χ1v) is 8.36. The fourth-order valence-electron chi connectivity index (χ4n) is 2.90. The highest BCUT2D eigenvalue weighted by molar-refractivity contribution is 6.04. The van der Waals surface area contributed by atoms with Gasteiger partial charge in [-0.15, -0.1) is 0 Å². The molecule has 4 aromatic rings. The summed E-state index contributed by atoms with van der Waals surface area (Å²) in [5.74, 6) is 0.0920. The first-order chi connectivity index (χ1) is 12.5. The number of hydrogen-bond donors (Lipinski definition) is 1.